The Morgan fingerprint density at radius 2 is 2.00 bits per heavy atom. The van der Waals surface area contributed by atoms with Crippen molar-refractivity contribution in [2.75, 3.05) is 0 Å². The molecule has 2 aromatic heterocycles. The summed E-state index contributed by atoms with van der Waals surface area (Å²) in [6.07, 6.45) is 7.05. The molecule has 1 aromatic carbocycles. The molecular formula is C16H17N5O. The quantitative estimate of drug-likeness (QED) is 0.782. The molecule has 0 radical (unpaired) electrons. The molecule has 0 spiro atoms. The van der Waals surface area contributed by atoms with E-state index in [1.807, 2.05) is 43.5 Å². The second-order valence-corrected chi connectivity index (χ2v) is 5.04. The molecule has 0 saturated carbocycles. The highest BCUT2D eigenvalue weighted by Gasteiger charge is 2.11. The number of carbonyl (C=O) groups is 1. The average Bonchev–Trinajstić information content (AvgIpc) is 3.20. The second kappa shape index (κ2) is 6.26. The van der Waals surface area contributed by atoms with Gasteiger partial charge in [-0.2, -0.15) is 10.2 Å². The highest BCUT2D eigenvalue weighted by molar-refractivity contribution is 5.76. The maximum atomic E-state index is 12.0. The largest absolute Gasteiger partial charge is 0.348 e. The van der Waals surface area contributed by atoms with Gasteiger partial charge in [-0.3, -0.25) is 9.48 Å². The minimum absolute atomic E-state index is 0.0688. The summed E-state index contributed by atoms with van der Waals surface area (Å²) >= 11 is 0. The van der Waals surface area contributed by atoms with Gasteiger partial charge < -0.3 is 5.32 Å². The Morgan fingerprint density at radius 1 is 1.18 bits per heavy atom. The van der Waals surface area contributed by atoms with Crippen molar-refractivity contribution in [3.63, 3.8) is 0 Å². The van der Waals surface area contributed by atoms with Gasteiger partial charge in [0.2, 0.25) is 5.91 Å². The van der Waals surface area contributed by atoms with Crippen LogP contribution in [0.4, 0.5) is 0 Å². The Hall–Kier alpha value is -2.89. The Labute approximate surface area is 128 Å². The molecular weight excluding hydrogens is 278 g/mol. The first-order valence-corrected chi connectivity index (χ1v) is 7.09. The highest BCUT2D eigenvalue weighted by Crippen LogP contribution is 2.16. The third kappa shape index (κ3) is 3.22. The van der Waals surface area contributed by atoms with Gasteiger partial charge in [0.1, 0.15) is 6.54 Å². The molecule has 22 heavy (non-hydrogen) atoms. The van der Waals surface area contributed by atoms with Gasteiger partial charge in [-0.05, 0) is 36.8 Å². The number of hydrogen-bond acceptors (Lipinski definition) is 3. The Bertz CT molecular complexity index is 734. The van der Waals surface area contributed by atoms with Gasteiger partial charge in [0.15, 0.2) is 0 Å². The number of nitrogens with zero attached hydrogens (tertiary/aromatic N) is 4. The summed E-state index contributed by atoms with van der Waals surface area (Å²) in [5.74, 6) is -0.0688. The average molecular weight is 295 g/mol. The lowest BCUT2D eigenvalue weighted by Gasteiger charge is -2.15. The molecule has 0 bridgehead atoms. The molecule has 1 amide bonds. The first-order valence-electron chi connectivity index (χ1n) is 7.09. The molecule has 3 aromatic rings. The molecule has 0 aliphatic carbocycles. The minimum atomic E-state index is -0.0847. The van der Waals surface area contributed by atoms with Crippen molar-refractivity contribution >= 4 is 5.91 Å². The molecule has 0 fully saturated rings. The molecule has 3 rings (SSSR count). The molecule has 1 atom stereocenters. The predicted molar refractivity (Wildman–Crippen MR) is 82.3 cm³/mol. The van der Waals surface area contributed by atoms with Crippen LogP contribution in [0, 0.1) is 0 Å². The van der Waals surface area contributed by atoms with Crippen LogP contribution in [0.1, 0.15) is 18.5 Å². The number of nitrogens with one attached hydrogen (secondary N) is 1. The van der Waals surface area contributed by atoms with Crippen molar-refractivity contribution in [2.45, 2.75) is 19.5 Å². The summed E-state index contributed by atoms with van der Waals surface area (Å²) < 4.78 is 3.39. The fourth-order valence-corrected chi connectivity index (χ4v) is 2.27. The molecule has 0 aliphatic rings. The van der Waals surface area contributed by atoms with E-state index in [0.717, 1.165) is 11.3 Å². The van der Waals surface area contributed by atoms with E-state index in [4.69, 9.17) is 0 Å². The number of amides is 1. The van der Waals surface area contributed by atoms with E-state index in [1.54, 1.807) is 34.0 Å². The van der Waals surface area contributed by atoms with Gasteiger partial charge in [-0.15, -0.1) is 0 Å². The zero-order valence-electron chi connectivity index (χ0n) is 12.3. The van der Waals surface area contributed by atoms with E-state index in [1.165, 1.54) is 0 Å². The molecule has 2 heterocycles. The van der Waals surface area contributed by atoms with Gasteiger partial charge in [-0.1, -0.05) is 12.1 Å². The van der Waals surface area contributed by atoms with E-state index in [-0.39, 0.29) is 18.5 Å². The fourth-order valence-electron chi connectivity index (χ4n) is 2.27. The summed E-state index contributed by atoms with van der Waals surface area (Å²) in [7, 11) is 0. The maximum Gasteiger partial charge on any atom is 0.242 e. The van der Waals surface area contributed by atoms with Crippen molar-refractivity contribution < 1.29 is 4.79 Å². The van der Waals surface area contributed by atoms with E-state index >= 15 is 0 Å². The van der Waals surface area contributed by atoms with Crippen LogP contribution in [0.25, 0.3) is 5.69 Å². The molecule has 6 nitrogen and oxygen atoms in total. The number of rotatable bonds is 5. The van der Waals surface area contributed by atoms with Gasteiger partial charge >= 0.3 is 0 Å². The summed E-state index contributed by atoms with van der Waals surface area (Å²) in [6.45, 7) is 2.18. The Kier molecular flexibility index (Phi) is 4.00. The third-order valence-corrected chi connectivity index (χ3v) is 3.38. The third-order valence-electron chi connectivity index (χ3n) is 3.38. The first-order chi connectivity index (χ1) is 10.7. The lowest BCUT2D eigenvalue weighted by Crippen LogP contribution is -2.30. The topological polar surface area (TPSA) is 64.7 Å². The van der Waals surface area contributed by atoms with Crippen LogP contribution in [0.3, 0.4) is 0 Å². The first kappa shape index (κ1) is 14.1. The summed E-state index contributed by atoms with van der Waals surface area (Å²) in [6, 6.07) is 11.5. The van der Waals surface area contributed by atoms with Crippen molar-refractivity contribution in [3.05, 3.63) is 66.7 Å². The second-order valence-electron chi connectivity index (χ2n) is 5.04. The van der Waals surface area contributed by atoms with Crippen LogP contribution < -0.4 is 5.32 Å². The van der Waals surface area contributed by atoms with Crippen LogP contribution in [0.5, 0.6) is 0 Å². The van der Waals surface area contributed by atoms with Crippen LogP contribution >= 0.6 is 0 Å². The summed E-state index contributed by atoms with van der Waals surface area (Å²) in [5, 5.41) is 11.2. The monoisotopic (exact) mass is 295 g/mol. The molecule has 0 saturated heterocycles. The van der Waals surface area contributed by atoms with Crippen LogP contribution in [-0.4, -0.2) is 25.5 Å². The zero-order valence-corrected chi connectivity index (χ0v) is 12.3. The Morgan fingerprint density at radius 3 is 2.73 bits per heavy atom. The standard InChI is InChI=1S/C16H17N5O/c1-13(19-16(22)12-20-9-3-7-17-20)14-5-2-6-15(11-14)21-10-4-8-18-21/h2-11,13H,12H2,1H3,(H,19,22). The van der Waals surface area contributed by atoms with E-state index in [0.29, 0.717) is 0 Å². The lowest BCUT2D eigenvalue weighted by molar-refractivity contribution is -0.122. The van der Waals surface area contributed by atoms with Gasteiger partial charge in [0, 0.05) is 24.8 Å². The number of aromatic nitrogens is 4. The normalized spacial score (nSPS) is 12.0. The molecule has 1 unspecified atom stereocenters. The minimum Gasteiger partial charge on any atom is -0.348 e. The zero-order chi connectivity index (χ0) is 15.4. The number of hydrogen-bond donors (Lipinski definition) is 1. The van der Waals surface area contributed by atoms with Crippen LogP contribution in [0.2, 0.25) is 0 Å². The fraction of sp³-hybridized carbons (Fsp3) is 0.188. The van der Waals surface area contributed by atoms with Crippen molar-refractivity contribution in [3.8, 4) is 5.69 Å². The molecule has 1 N–H and O–H groups in total. The van der Waals surface area contributed by atoms with Gasteiger partial charge in [0.25, 0.3) is 0 Å². The van der Waals surface area contributed by atoms with Gasteiger partial charge in [0.05, 0.1) is 11.7 Å². The van der Waals surface area contributed by atoms with Crippen molar-refractivity contribution in [1.29, 1.82) is 0 Å². The maximum absolute atomic E-state index is 12.0. The van der Waals surface area contributed by atoms with E-state index in [9.17, 15) is 4.79 Å². The summed E-state index contributed by atoms with van der Waals surface area (Å²) in [5.41, 5.74) is 2.00. The highest BCUT2D eigenvalue weighted by atomic mass is 16.2. The smallest absolute Gasteiger partial charge is 0.242 e. The van der Waals surface area contributed by atoms with E-state index in [2.05, 4.69) is 15.5 Å². The predicted octanol–water partition coefficient (Wildman–Crippen LogP) is 1.95. The molecule has 0 aliphatic heterocycles. The molecule has 112 valence electrons. The van der Waals surface area contributed by atoms with Crippen molar-refractivity contribution in [1.82, 2.24) is 24.9 Å². The van der Waals surface area contributed by atoms with Crippen LogP contribution in [-0.2, 0) is 11.3 Å². The van der Waals surface area contributed by atoms with Crippen molar-refractivity contribution in [2.24, 2.45) is 0 Å². The number of carbonyl (C=O) groups excluding carboxylic acids is 1. The SMILES string of the molecule is CC(NC(=O)Cn1cccn1)c1cccc(-n2cccn2)c1. The molecule has 6 heteroatoms. The van der Waals surface area contributed by atoms with Gasteiger partial charge in [-0.25, -0.2) is 4.68 Å². The summed E-state index contributed by atoms with van der Waals surface area (Å²) in [4.78, 5) is 12.0. The Balaban J connectivity index is 1.68. The lowest BCUT2D eigenvalue weighted by atomic mass is 10.1. The number of benzene rings is 1. The van der Waals surface area contributed by atoms with Crippen LogP contribution in [0.15, 0.2) is 61.2 Å². The van der Waals surface area contributed by atoms with E-state index < -0.39 is 0 Å².